The van der Waals surface area contributed by atoms with Crippen LogP contribution in [0.5, 0.6) is 0 Å². The van der Waals surface area contributed by atoms with Gasteiger partial charge >= 0.3 is 0 Å². The van der Waals surface area contributed by atoms with E-state index in [2.05, 4.69) is 162 Å². The van der Waals surface area contributed by atoms with Crippen molar-refractivity contribution in [3.8, 4) is 28.5 Å². The van der Waals surface area contributed by atoms with Gasteiger partial charge < -0.3 is 0 Å². The van der Waals surface area contributed by atoms with E-state index in [1.165, 1.54) is 53.9 Å². The second kappa shape index (κ2) is 10.1. The van der Waals surface area contributed by atoms with Crippen LogP contribution in [-0.4, -0.2) is 14.5 Å². The minimum absolute atomic E-state index is 0.701. The van der Waals surface area contributed by atoms with E-state index >= 15 is 0 Å². The van der Waals surface area contributed by atoms with E-state index in [1.807, 2.05) is 6.07 Å². The summed E-state index contributed by atoms with van der Waals surface area (Å²) in [7, 11) is 0. The minimum Gasteiger partial charge on any atom is -0.294 e. The number of benzene rings is 8. The van der Waals surface area contributed by atoms with Gasteiger partial charge in [0.2, 0.25) is 0 Å². The Morgan fingerprint density at radius 2 is 0.957 bits per heavy atom. The van der Waals surface area contributed by atoms with Gasteiger partial charge in [-0.15, -0.1) is 0 Å². The molecule has 0 aliphatic heterocycles. The highest BCUT2D eigenvalue weighted by Crippen LogP contribution is 2.39. The maximum atomic E-state index is 5.35. The van der Waals surface area contributed by atoms with Gasteiger partial charge in [-0.25, -0.2) is 9.97 Å². The van der Waals surface area contributed by atoms with Crippen LogP contribution in [0.4, 0.5) is 0 Å². The number of nitrogens with zero attached hydrogens (tertiary/aromatic N) is 3. The van der Waals surface area contributed by atoms with Crippen molar-refractivity contribution in [3.63, 3.8) is 0 Å². The van der Waals surface area contributed by atoms with Crippen LogP contribution in [-0.2, 0) is 0 Å². The largest absolute Gasteiger partial charge is 0.294 e. The summed E-state index contributed by atoms with van der Waals surface area (Å²) in [5, 5.41) is 12.4. The van der Waals surface area contributed by atoms with Crippen molar-refractivity contribution >= 4 is 64.9 Å². The van der Waals surface area contributed by atoms with Gasteiger partial charge in [0, 0.05) is 28.0 Å². The lowest BCUT2D eigenvalue weighted by Gasteiger charge is -2.14. The number of fused-ring (bicyclic) bond motifs is 11. The highest BCUT2D eigenvalue weighted by atomic mass is 15.1. The molecule has 2 heterocycles. The molecule has 3 heteroatoms. The fraction of sp³-hybridized carbons (Fsp3) is 0. The first-order valence-corrected chi connectivity index (χ1v) is 16.0. The van der Waals surface area contributed by atoms with Crippen LogP contribution in [0.2, 0.25) is 0 Å². The summed E-state index contributed by atoms with van der Waals surface area (Å²) < 4.78 is 2.30. The van der Waals surface area contributed by atoms with E-state index in [1.54, 1.807) is 0 Å². The molecule has 0 radical (unpaired) electrons. The van der Waals surface area contributed by atoms with Gasteiger partial charge in [-0.3, -0.25) is 4.57 Å². The predicted molar refractivity (Wildman–Crippen MR) is 197 cm³/mol. The zero-order chi connectivity index (χ0) is 30.9. The molecule has 0 unspecified atom stereocenters. The summed E-state index contributed by atoms with van der Waals surface area (Å²) in [6.07, 6.45) is 0. The Kier molecular flexibility index (Phi) is 5.57. The monoisotopic (exact) mass is 597 g/mol. The summed E-state index contributed by atoms with van der Waals surface area (Å²) in [6, 6.07) is 58.3. The smallest absolute Gasteiger partial charge is 0.162 e. The topological polar surface area (TPSA) is 30.7 Å². The van der Waals surface area contributed by atoms with Gasteiger partial charge in [-0.1, -0.05) is 140 Å². The van der Waals surface area contributed by atoms with Gasteiger partial charge in [-0.2, -0.15) is 0 Å². The first-order chi connectivity index (χ1) is 23.3. The molecule has 0 atom stereocenters. The van der Waals surface area contributed by atoms with Crippen molar-refractivity contribution in [2.24, 2.45) is 0 Å². The van der Waals surface area contributed by atoms with E-state index in [-0.39, 0.29) is 0 Å². The maximum Gasteiger partial charge on any atom is 0.162 e. The van der Waals surface area contributed by atoms with Gasteiger partial charge in [-0.05, 0) is 61.3 Å². The van der Waals surface area contributed by atoms with Crippen molar-refractivity contribution in [1.82, 2.24) is 14.5 Å². The summed E-state index contributed by atoms with van der Waals surface area (Å²) in [5.41, 5.74) is 5.19. The van der Waals surface area contributed by atoms with Crippen molar-refractivity contribution in [3.05, 3.63) is 164 Å². The molecule has 0 saturated carbocycles. The molecule has 0 aliphatic rings. The number of para-hydroxylation sites is 1. The summed E-state index contributed by atoms with van der Waals surface area (Å²) >= 11 is 0. The number of hydrogen-bond acceptors (Lipinski definition) is 2. The van der Waals surface area contributed by atoms with Gasteiger partial charge in [0.15, 0.2) is 5.82 Å². The Balaban J connectivity index is 1.29. The quantitative estimate of drug-likeness (QED) is 0.190. The normalized spacial score (nSPS) is 11.8. The number of aromatic nitrogens is 3. The van der Waals surface area contributed by atoms with Gasteiger partial charge in [0.1, 0.15) is 5.82 Å². The number of rotatable bonds is 3. The van der Waals surface area contributed by atoms with Gasteiger partial charge in [0.25, 0.3) is 0 Å². The lowest BCUT2D eigenvalue weighted by molar-refractivity contribution is 1.05. The molecule has 2 aromatic heterocycles. The third-order valence-electron chi connectivity index (χ3n) is 9.58. The Labute approximate surface area is 271 Å². The summed E-state index contributed by atoms with van der Waals surface area (Å²) in [6.45, 7) is 0. The zero-order valence-electron chi connectivity index (χ0n) is 25.4. The molecular formula is C44H27N3. The fourth-order valence-electron chi connectivity index (χ4n) is 7.47. The average Bonchev–Trinajstić information content (AvgIpc) is 3.50. The van der Waals surface area contributed by atoms with E-state index < -0.39 is 0 Å². The Morgan fingerprint density at radius 3 is 1.70 bits per heavy atom. The Hall–Kier alpha value is -6.32. The molecule has 0 bridgehead atoms. The van der Waals surface area contributed by atoms with E-state index in [9.17, 15) is 0 Å². The SMILES string of the molecule is c1ccc(-c2cc(-n3c4ccccc4c4c5ccccc5ccc43)nc(-c3ccc4c5ccccc5c5ccccc5c4c3)n2)cc1. The minimum atomic E-state index is 0.701. The van der Waals surface area contributed by atoms with Crippen LogP contribution >= 0.6 is 0 Å². The van der Waals surface area contributed by atoms with Crippen molar-refractivity contribution < 1.29 is 0 Å². The van der Waals surface area contributed by atoms with Crippen LogP contribution in [0.25, 0.3) is 93.4 Å². The maximum absolute atomic E-state index is 5.35. The molecule has 218 valence electrons. The molecule has 47 heavy (non-hydrogen) atoms. The van der Waals surface area contributed by atoms with Crippen LogP contribution < -0.4 is 0 Å². The second-order valence-corrected chi connectivity index (χ2v) is 12.2. The highest BCUT2D eigenvalue weighted by Gasteiger charge is 2.18. The molecule has 0 saturated heterocycles. The molecule has 8 aromatic carbocycles. The van der Waals surface area contributed by atoms with Crippen LogP contribution in [0, 0.1) is 0 Å². The van der Waals surface area contributed by atoms with Crippen LogP contribution in [0.3, 0.4) is 0 Å². The predicted octanol–water partition coefficient (Wildman–Crippen LogP) is 11.5. The van der Waals surface area contributed by atoms with Crippen molar-refractivity contribution in [1.29, 1.82) is 0 Å². The lowest BCUT2D eigenvalue weighted by atomic mass is 9.93. The zero-order valence-corrected chi connectivity index (χ0v) is 25.4. The Bertz CT molecular complexity index is 2810. The molecule has 0 spiro atoms. The number of hydrogen-bond donors (Lipinski definition) is 0. The van der Waals surface area contributed by atoms with Crippen LogP contribution in [0.15, 0.2) is 164 Å². The first kappa shape index (κ1) is 26.0. The summed E-state index contributed by atoms with van der Waals surface area (Å²) in [4.78, 5) is 10.6. The molecule has 3 nitrogen and oxygen atoms in total. The standard InChI is InChI=1S/C44H27N3/c1-2-13-29(14-3-1)39-27-42(47-40-21-11-10-20-37(40)43-31-15-5-4-12-28(31)23-25-41(43)47)46-44(45-39)30-22-24-36-34-18-7-6-16-32(34)33-17-8-9-19-35(33)38(36)26-30/h1-27H. The van der Waals surface area contributed by atoms with Crippen molar-refractivity contribution in [2.75, 3.05) is 0 Å². The third-order valence-corrected chi connectivity index (χ3v) is 9.58. The fourth-order valence-corrected chi connectivity index (χ4v) is 7.47. The molecule has 0 amide bonds. The molecule has 10 aromatic rings. The second-order valence-electron chi connectivity index (χ2n) is 12.2. The molecule has 0 aliphatic carbocycles. The Morgan fingerprint density at radius 1 is 0.362 bits per heavy atom. The summed E-state index contributed by atoms with van der Waals surface area (Å²) in [5.74, 6) is 1.55. The van der Waals surface area contributed by atoms with Crippen molar-refractivity contribution in [2.45, 2.75) is 0 Å². The molecule has 10 rings (SSSR count). The van der Waals surface area contributed by atoms with E-state index in [0.717, 1.165) is 33.7 Å². The first-order valence-electron chi connectivity index (χ1n) is 16.0. The van der Waals surface area contributed by atoms with Crippen LogP contribution in [0.1, 0.15) is 0 Å². The third kappa shape index (κ3) is 3.93. The molecular weight excluding hydrogens is 571 g/mol. The van der Waals surface area contributed by atoms with E-state index in [4.69, 9.17) is 9.97 Å². The molecule has 0 fully saturated rings. The van der Waals surface area contributed by atoms with Gasteiger partial charge in [0.05, 0.1) is 16.7 Å². The van der Waals surface area contributed by atoms with E-state index in [0.29, 0.717) is 5.82 Å². The average molecular weight is 598 g/mol. The molecule has 0 N–H and O–H groups in total. The highest BCUT2D eigenvalue weighted by molar-refractivity contribution is 6.26. The lowest BCUT2D eigenvalue weighted by Crippen LogP contribution is -2.02.